The largest absolute Gasteiger partial charge is 1.00 e. The number of methoxy groups -OCH3 is 2. The summed E-state index contributed by atoms with van der Waals surface area (Å²) in [6, 6.07) is 0. The second-order valence-electron chi connectivity index (χ2n) is 1.18. The summed E-state index contributed by atoms with van der Waals surface area (Å²) >= 11 is 0. The Bertz CT molecular complexity index is 132. The van der Waals surface area contributed by atoms with Crippen molar-refractivity contribution in [2.45, 2.75) is 0 Å². The molecule has 0 atom stereocenters. The van der Waals surface area contributed by atoms with Crippen molar-refractivity contribution in [3.05, 3.63) is 12.0 Å². The van der Waals surface area contributed by atoms with Crippen molar-refractivity contribution in [2.24, 2.45) is 0 Å². The molecular formula is C5H7NaO4. The molecule has 0 aliphatic heterocycles. The maximum atomic E-state index is 10.4. The first-order valence-electron chi connectivity index (χ1n) is 2.20. The Morgan fingerprint density at radius 1 is 1.40 bits per heavy atom. The third-order valence-electron chi connectivity index (χ3n) is 0.714. The van der Waals surface area contributed by atoms with Gasteiger partial charge in [0.05, 0.1) is 14.2 Å². The summed E-state index contributed by atoms with van der Waals surface area (Å²) in [6.45, 7) is 0. The first-order valence-corrected chi connectivity index (χ1v) is 2.20. The van der Waals surface area contributed by atoms with Crippen molar-refractivity contribution < 1.29 is 48.9 Å². The molecule has 0 heterocycles. The van der Waals surface area contributed by atoms with E-state index in [9.17, 15) is 9.90 Å². The van der Waals surface area contributed by atoms with Gasteiger partial charge in [-0.15, -0.1) is 0 Å². The van der Waals surface area contributed by atoms with E-state index >= 15 is 0 Å². The third-order valence-corrected chi connectivity index (χ3v) is 0.714. The van der Waals surface area contributed by atoms with E-state index in [2.05, 4.69) is 9.47 Å². The number of esters is 1. The van der Waals surface area contributed by atoms with Crippen LogP contribution in [-0.4, -0.2) is 20.2 Å². The van der Waals surface area contributed by atoms with Crippen LogP contribution in [0.2, 0.25) is 0 Å². The van der Waals surface area contributed by atoms with Gasteiger partial charge in [-0.1, -0.05) is 6.26 Å². The van der Waals surface area contributed by atoms with Gasteiger partial charge in [0, 0.05) is 0 Å². The summed E-state index contributed by atoms with van der Waals surface area (Å²) in [4.78, 5) is 10.4. The Labute approximate surface area is 81.1 Å². The molecule has 52 valence electrons. The minimum Gasteiger partial charge on any atom is -0.875 e. The van der Waals surface area contributed by atoms with E-state index in [1.165, 1.54) is 14.2 Å². The summed E-state index contributed by atoms with van der Waals surface area (Å²) in [5.41, 5.74) is 0. The molecule has 0 bridgehead atoms. The molecule has 0 rings (SSSR count). The summed E-state index contributed by atoms with van der Waals surface area (Å²) in [7, 11) is 2.39. The molecule has 10 heavy (non-hydrogen) atoms. The standard InChI is InChI=1S/C5H8O4.Na/c1-8-4(3-6)5(7)9-2;/h3,6H,1-2H3;/q;+1/p-1/b4-3-;. The zero-order valence-corrected chi connectivity index (χ0v) is 8.21. The van der Waals surface area contributed by atoms with Crippen LogP contribution in [0.4, 0.5) is 0 Å². The van der Waals surface area contributed by atoms with Crippen LogP contribution in [0.15, 0.2) is 12.0 Å². The van der Waals surface area contributed by atoms with Gasteiger partial charge in [0.15, 0.2) is 5.76 Å². The second kappa shape index (κ2) is 6.92. The number of carbonyl (C=O) groups is 1. The minimum absolute atomic E-state index is 0. The molecule has 0 aromatic rings. The molecule has 0 aliphatic carbocycles. The second-order valence-corrected chi connectivity index (χ2v) is 1.18. The van der Waals surface area contributed by atoms with Gasteiger partial charge in [0.2, 0.25) is 0 Å². The molecule has 0 unspecified atom stereocenters. The van der Waals surface area contributed by atoms with E-state index in [1.54, 1.807) is 0 Å². The monoisotopic (exact) mass is 154 g/mol. The number of rotatable bonds is 2. The average molecular weight is 154 g/mol. The van der Waals surface area contributed by atoms with Crippen LogP contribution in [0.1, 0.15) is 0 Å². The van der Waals surface area contributed by atoms with E-state index < -0.39 is 5.97 Å². The fraction of sp³-hybridized carbons (Fsp3) is 0.400. The van der Waals surface area contributed by atoms with Crippen LogP contribution in [0.25, 0.3) is 0 Å². The molecule has 0 aromatic carbocycles. The quantitative estimate of drug-likeness (QED) is 0.176. The van der Waals surface area contributed by atoms with E-state index in [-0.39, 0.29) is 35.3 Å². The van der Waals surface area contributed by atoms with Gasteiger partial charge < -0.3 is 14.6 Å². The molecular weight excluding hydrogens is 147 g/mol. The SMILES string of the molecule is COC(=O)/C(=C/[O-])OC.[Na+]. The Morgan fingerprint density at radius 2 is 1.90 bits per heavy atom. The van der Waals surface area contributed by atoms with E-state index in [0.717, 1.165) is 0 Å². The maximum Gasteiger partial charge on any atom is 1.00 e. The zero-order valence-electron chi connectivity index (χ0n) is 6.21. The van der Waals surface area contributed by atoms with Crippen molar-refractivity contribution in [2.75, 3.05) is 14.2 Å². The predicted octanol–water partition coefficient (Wildman–Crippen LogP) is -3.99. The van der Waals surface area contributed by atoms with Crippen molar-refractivity contribution in [1.82, 2.24) is 0 Å². The Kier molecular flexibility index (Phi) is 8.64. The molecule has 0 aromatic heterocycles. The fourth-order valence-corrected chi connectivity index (χ4v) is 0.280. The minimum atomic E-state index is -0.757. The average Bonchev–Trinajstić information content (AvgIpc) is 1.90. The van der Waals surface area contributed by atoms with E-state index in [4.69, 9.17) is 0 Å². The smallest absolute Gasteiger partial charge is 0.875 e. The summed E-state index contributed by atoms with van der Waals surface area (Å²) < 4.78 is 8.49. The van der Waals surface area contributed by atoms with Gasteiger partial charge in [-0.3, -0.25) is 0 Å². The topological polar surface area (TPSA) is 58.6 Å². The molecule has 4 nitrogen and oxygen atoms in total. The molecule has 0 radical (unpaired) electrons. The van der Waals surface area contributed by atoms with Crippen molar-refractivity contribution in [3.8, 4) is 0 Å². The molecule has 0 N–H and O–H groups in total. The van der Waals surface area contributed by atoms with Gasteiger partial charge in [0.25, 0.3) is 0 Å². The molecule has 0 spiro atoms. The maximum absolute atomic E-state index is 10.4. The van der Waals surface area contributed by atoms with Crippen LogP contribution in [-0.2, 0) is 14.3 Å². The zero-order chi connectivity index (χ0) is 7.28. The van der Waals surface area contributed by atoms with Crippen LogP contribution >= 0.6 is 0 Å². The number of ether oxygens (including phenoxy) is 2. The van der Waals surface area contributed by atoms with Gasteiger partial charge in [0.1, 0.15) is 0 Å². The summed E-state index contributed by atoms with van der Waals surface area (Å²) in [5, 5.41) is 9.87. The fourth-order valence-electron chi connectivity index (χ4n) is 0.280. The van der Waals surface area contributed by atoms with E-state index in [0.29, 0.717) is 6.26 Å². The van der Waals surface area contributed by atoms with Crippen molar-refractivity contribution in [1.29, 1.82) is 0 Å². The third kappa shape index (κ3) is 3.76. The molecule has 0 aliphatic rings. The van der Waals surface area contributed by atoms with Crippen LogP contribution < -0.4 is 34.7 Å². The van der Waals surface area contributed by atoms with Crippen molar-refractivity contribution in [3.63, 3.8) is 0 Å². The molecule has 0 fully saturated rings. The Hall–Kier alpha value is -0.190. The first kappa shape index (κ1) is 12.5. The summed E-state index contributed by atoms with van der Waals surface area (Å²) in [5.74, 6) is -1.08. The van der Waals surface area contributed by atoms with Gasteiger partial charge in [-0.2, -0.15) is 0 Å². The van der Waals surface area contributed by atoms with Crippen molar-refractivity contribution >= 4 is 5.97 Å². The van der Waals surface area contributed by atoms with Crippen LogP contribution in [0.3, 0.4) is 0 Å². The number of hydrogen-bond donors (Lipinski definition) is 0. The Morgan fingerprint density at radius 3 is 2.00 bits per heavy atom. The van der Waals surface area contributed by atoms with E-state index in [1.807, 2.05) is 0 Å². The van der Waals surface area contributed by atoms with Crippen LogP contribution in [0.5, 0.6) is 0 Å². The molecule has 0 amide bonds. The molecule has 0 saturated carbocycles. The number of carbonyl (C=O) groups excluding carboxylic acids is 1. The van der Waals surface area contributed by atoms with Gasteiger partial charge in [-0.25, -0.2) is 4.79 Å². The summed E-state index contributed by atoms with van der Waals surface area (Å²) in [6.07, 6.45) is 0.297. The first-order chi connectivity index (χ1) is 4.26. The predicted molar refractivity (Wildman–Crippen MR) is 27.1 cm³/mol. The Balaban J connectivity index is 0. The number of hydrogen-bond acceptors (Lipinski definition) is 4. The van der Waals surface area contributed by atoms with Gasteiger partial charge in [-0.05, 0) is 0 Å². The normalized spacial score (nSPS) is 9.60. The molecule has 0 saturated heterocycles. The van der Waals surface area contributed by atoms with Gasteiger partial charge >= 0.3 is 35.5 Å². The molecule has 5 heteroatoms. The van der Waals surface area contributed by atoms with Crippen LogP contribution in [0, 0.1) is 0 Å².